The van der Waals surface area contributed by atoms with Gasteiger partial charge in [-0.25, -0.2) is 0 Å². The third-order valence-electron chi connectivity index (χ3n) is 1.19. The van der Waals surface area contributed by atoms with Gasteiger partial charge in [-0.15, -0.1) is 0 Å². The van der Waals surface area contributed by atoms with E-state index in [9.17, 15) is 9.59 Å². The standard InChI is InChI=1S/C8H15NO2/c1-6(2)4-8(11)9-7(3)5-10/h5-7H,4H2,1-3H3,(H,9,11)/t7-/m1/s1. The highest BCUT2D eigenvalue weighted by atomic mass is 16.2. The van der Waals surface area contributed by atoms with Gasteiger partial charge in [0.15, 0.2) is 0 Å². The lowest BCUT2D eigenvalue weighted by molar-refractivity contribution is -0.124. The van der Waals surface area contributed by atoms with Crippen LogP contribution in [0.25, 0.3) is 0 Å². The molecule has 0 aliphatic heterocycles. The number of aldehydes is 1. The first kappa shape index (κ1) is 10.1. The van der Waals surface area contributed by atoms with Gasteiger partial charge in [0, 0.05) is 6.42 Å². The Morgan fingerprint density at radius 2 is 2.00 bits per heavy atom. The zero-order valence-electron chi connectivity index (χ0n) is 7.26. The Hall–Kier alpha value is -0.860. The van der Waals surface area contributed by atoms with Gasteiger partial charge in [-0.1, -0.05) is 13.8 Å². The molecule has 64 valence electrons. The van der Waals surface area contributed by atoms with Crippen molar-refractivity contribution >= 4 is 12.2 Å². The Morgan fingerprint density at radius 1 is 1.45 bits per heavy atom. The molecule has 0 saturated carbocycles. The zero-order valence-corrected chi connectivity index (χ0v) is 7.26. The molecule has 0 spiro atoms. The van der Waals surface area contributed by atoms with E-state index < -0.39 is 0 Å². The maximum Gasteiger partial charge on any atom is 0.220 e. The third-order valence-corrected chi connectivity index (χ3v) is 1.19. The summed E-state index contributed by atoms with van der Waals surface area (Å²) in [6.45, 7) is 5.58. The van der Waals surface area contributed by atoms with E-state index >= 15 is 0 Å². The van der Waals surface area contributed by atoms with Crippen LogP contribution >= 0.6 is 0 Å². The molecular weight excluding hydrogens is 142 g/mol. The molecule has 0 aliphatic rings. The van der Waals surface area contributed by atoms with Crippen LogP contribution in [0.4, 0.5) is 0 Å². The summed E-state index contributed by atoms with van der Waals surface area (Å²) in [5, 5.41) is 2.55. The van der Waals surface area contributed by atoms with Gasteiger partial charge < -0.3 is 10.1 Å². The number of rotatable bonds is 4. The third kappa shape index (κ3) is 5.58. The summed E-state index contributed by atoms with van der Waals surface area (Å²) in [5.41, 5.74) is 0. The molecule has 3 heteroatoms. The Bertz CT molecular complexity index is 143. The molecule has 0 rings (SSSR count). The highest BCUT2D eigenvalue weighted by molar-refractivity contribution is 5.79. The number of amides is 1. The fraction of sp³-hybridized carbons (Fsp3) is 0.750. The second-order valence-electron chi connectivity index (χ2n) is 3.09. The average Bonchev–Trinajstić information content (AvgIpc) is 1.85. The largest absolute Gasteiger partial charge is 0.347 e. The molecule has 0 unspecified atom stereocenters. The molecule has 0 aromatic rings. The van der Waals surface area contributed by atoms with Crippen molar-refractivity contribution in [3.63, 3.8) is 0 Å². The van der Waals surface area contributed by atoms with E-state index in [0.29, 0.717) is 12.3 Å². The molecule has 1 N–H and O–H groups in total. The van der Waals surface area contributed by atoms with Gasteiger partial charge in [-0.3, -0.25) is 4.79 Å². The quantitative estimate of drug-likeness (QED) is 0.612. The summed E-state index contributed by atoms with van der Waals surface area (Å²) >= 11 is 0. The fourth-order valence-corrected chi connectivity index (χ4v) is 0.718. The fourth-order valence-electron chi connectivity index (χ4n) is 0.718. The molecule has 0 aromatic heterocycles. The molecule has 0 radical (unpaired) electrons. The first-order valence-electron chi connectivity index (χ1n) is 3.81. The Kier molecular flexibility index (Phi) is 4.50. The molecular formula is C8H15NO2. The first-order valence-corrected chi connectivity index (χ1v) is 3.81. The molecule has 1 amide bonds. The van der Waals surface area contributed by atoms with E-state index in [0.717, 1.165) is 6.29 Å². The Morgan fingerprint density at radius 3 is 2.36 bits per heavy atom. The van der Waals surface area contributed by atoms with E-state index in [-0.39, 0.29) is 11.9 Å². The summed E-state index contributed by atoms with van der Waals surface area (Å²) in [7, 11) is 0. The molecule has 0 heterocycles. The predicted molar refractivity (Wildman–Crippen MR) is 43.1 cm³/mol. The second kappa shape index (κ2) is 4.88. The minimum Gasteiger partial charge on any atom is -0.347 e. The average molecular weight is 157 g/mol. The normalized spacial score (nSPS) is 12.7. The summed E-state index contributed by atoms with van der Waals surface area (Å²) in [6.07, 6.45) is 1.20. The van der Waals surface area contributed by atoms with Gasteiger partial charge in [0.1, 0.15) is 6.29 Å². The van der Waals surface area contributed by atoms with Crippen LogP contribution in [0, 0.1) is 5.92 Å². The van der Waals surface area contributed by atoms with Gasteiger partial charge in [0.25, 0.3) is 0 Å². The minimum atomic E-state index is -0.360. The van der Waals surface area contributed by atoms with E-state index in [1.54, 1.807) is 6.92 Å². The van der Waals surface area contributed by atoms with Crippen LogP contribution in [0.5, 0.6) is 0 Å². The molecule has 0 bridgehead atoms. The van der Waals surface area contributed by atoms with Crippen LogP contribution in [0.2, 0.25) is 0 Å². The van der Waals surface area contributed by atoms with Gasteiger partial charge in [-0.2, -0.15) is 0 Å². The Labute approximate surface area is 67.2 Å². The molecule has 0 fully saturated rings. The van der Waals surface area contributed by atoms with Crippen LogP contribution in [-0.2, 0) is 9.59 Å². The molecule has 0 aliphatic carbocycles. The zero-order chi connectivity index (χ0) is 8.85. The van der Waals surface area contributed by atoms with Crippen LogP contribution in [-0.4, -0.2) is 18.2 Å². The molecule has 0 aromatic carbocycles. The summed E-state index contributed by atoms with van der Waals surface area (Å²) in [5.74, 6) is 0.286. The van der Waals surface area contributed by atoms with Crippen molar-refractivity contribution in [2.75, 3.05) is 0 Å². The van der Waals surface area contributed by atoms with Gasteiger partial charge >= 0.3 is 0 Å². The highest BCUT2D eigenvalue weighted by Gasteiger charge is 2.06. The van der Waals surface area contributed by atoms with Crippen molar-refractivity contribution < 1.29 is 9.59 Å². The summed E-state index contributed by atoms with van der Waals surface area (Å²) in [4.78, 5) is 21.1. The predicted octanol–water partition coefficient (Wildman–Crippen LogP) is 0.736. The number of nitrogens with one attached hydrogen (secondary N) is 1. The van der Waals surface area contributed by atoms with Crippen molar-refractivity contribution in [1.82, 2.24) is 5.32 Å². The first-order chi connectivity index (χ1) is 5.06. The van der Waals surface area contributed by atoms with Crippen LogP contribution in [0.3, 0.4) is 0 Å². The van der Waals surface area contributed by atoms with E-state index in [2.05, 4.69) is 5.32 Å². The Balaban J connectivity index is 3.60. The van der Waals surface area contributed by atoms with E-state index in [4.69, 9.17) is 0 Å². The van der Waals surface area contributed by atoms with Crippen LogP contribution in [0.15, 0.2) is 0 Å². The topological polar surface area (TPSA) is 46.2 Å². The van der Waals surface area contributed by atoms with Gasteiger partial charge in [0.2, 0.25) is 5.91 Å². The van der Waals surface area contributed by atoms with Crippen LogP contribution < -0.4 is 5.32 Å². The number of carbonyl (C=O) groups excluding carboxylic acids is 2. The van der Waals surface area contributed by atoms with Gasteiger partial charge in [0.05, 0.1) is 6.04 Å². The minimum absolute atomic E-state index is 0.0559. The van der Waals surface area contributed by atoms with Crippen molar-refractivity contribution in [3.05, 3.63) is 0 Å². The van der Waals surface area contributed by atoms with Gasteiger partial charge in [-0.05, 0) is 12.8 Å². The summed E-state index contributed by atoms with van der Waals surface area (Å²) in [6, 6.07) is -0.360. The lowest BCUT2D eigenvalue weighted by atomic mass is 10.1. The maximum absolute atomic E-state index is 11.0. The lowest BCUT2D eigenvalue weighted by Crippen LogP contribution is -2.34. The highest BCUT2D eigenvalue weighted by Crippen LogP contribution is 1.98. The smallest absolute Gasteiger partial charge is 0.220 e. The number of hydrogen-bond acceptors (Lipinski definition) is 2. The van der Waals surface area contributed by atoms with E-state index in [1.165, 1.54) is 0 Å². The SMILES string of the molecule is CC(C)CC(=O)N[C@H](C)C=O. The molecule has 0 saturated heterocycles. The van der Waals surface area contributed by atoms with E-state index in [1.807, 2.05) is 13.8 Å². The maximum atomic E-state index is 11.0. The van der Waals surface area contributed by atoms with Crippen molar-refractivity contribution in [3.8, 4) is 0 Å². The van der Waals surface area contributed by atoms with Crippen molar-refractivity contribution in [2.24, 2.45) is 5.92 Å². The number of hydrogen-bond donors (Lipinski definition) is 1. The molecule has 11 heavy (non-hydrogen) atoms. The monoisotopic (exact) mass is 157 g/mol. The lowest BCUT2D eigenvalue weighted by Gasteiger charge is -2.08. The van der Waals surface area contributed by atoms with Crippen molar-refractivity contribution in [2.45, 2.75) is 33.2 Å². The number of carbonyl (C=O) groups is 2. The van der Waals surface area contributed by atoms with Crippen molar-refractivity contribution in [1.29, 1.82) is 0 Å². The van der Waals surface area contributed by atoms with Crippen LogP contribution in [0.1, 0.15) is 27.2 Å². The molecule has 3 nitrogen and oxygen atoms in total. The summed E-state index contributed by atoms with van der Waals surface area (Å²) < 4.78 is 0. The molecule has 1 atom stereocenters. The second-order valence-corrected chi connectivity index (χ2v) is 3.09.